The molecule has 0 saturated carbocycles. The molecule has 5 heteroatoms. The van der Waals surface area contributed by atoms with E-state index in [4.69, 9.17) is 0 Å². The summed E-state index contributed by atoms with van der Waals surface area (Å²) in [6.07, 6.45) is 0. The summed E-state index contributed by atoms with van der Waals surface area (Å²) in [6, 6.07) is 4.93. The van der Waals surface area contributed by atoms with Crippen molar-refractivity contribution < 1.29 is 9.90 Å². The van der Waals surface area contributed by atoms with Gasteiger partial charge in [-0.3, -0.25) is 4.79 Å². The van der Waals surface area contributed by atoms with Crippen LogP contribution in [-0.2, 0) is 6.54 Å². The Bertz CT molecular complexity index is 578. The van der Waals surface area contributed by atoms with Crippen LogP contribution in [0.4, 0.5) is 0 Å². The van der Waals surface area contributed by atoms with E-state index in [1.165, 1.54) is 11.3 Å². The van der Waals surface area contributed by atoms with Crippen molar-refractivity contribution in [2.75, 3.05) is 0 Å². The molecule has 94 valence electrons. The van der Waals surface area contributed by atoms with E-state index < -0.39 is 0 Å². The fourth-order valence-electron chi connectivity index (χ4n) is 1.62. The minimum atomic E-state index is -0.184. The van der Waals surface area contributed by atoms with Gasteiger partial charge in [0, 0.05) is 16.0 Å². The van der Waals surface area contributed by atoms with Gasteiger partial charge in [0.25, 0.3) is 5.91 Å². The first-order valence-corrected chi connectivity index (χ1v) is 6.43. The number of hydrogen-bond donors (Lipinski definition) is 2. The molecular weight excluding hydrogens is 248 g/mol. The summed E-state index contributed by atoms with van der Waals surface area (Å²) in [5.41, 5.74) is 3.79. The van der Waals surface area contributed by atoms with E-state index in [0.29, 0.717) is 17.7 Å². The summed E-state index contributed by atoms with van der Waals surface area (Å²) in [5, 5.41) is 12.4. The van der Waals surface area contributed by atoms with Crippen LogP contribution in [0.1, 0.15) is 26.5 Å². The molecular formula is C13H14N2O2S. The van der Waals surface area contributed by atoms with Gasteiger partial charge in [0.15, 0.2) is 0 Å². The Morgan fingerprint density at radius 2 is 2.22 bits per heavy atom. The van der Waals surface area contributed by atoms with E-state index in [-0.39, 0.29) is 11.7 Å². The molecule has 18 heavy (non-hydrogen) atoms. The molecule has 0 aliphatic carbocycles. The molecule has 0 aliphatic heterocycles. The number of carbonyl (C=O) groups is 1. The summed E-state index contributed by atoms with van der Waals surface area (Å²) in [4.78, 5) is 17.2. The Labute approximate surface area is 109 Å². The van der Waals surface area contributed by atoms with Crippen LogP contribution in [0.5, 0.6) is 5.75 Å². The molecule has 0 radical (unpaired) electrons. The van der Waals surface area contributed by atoms with Gasteiger partial charge in [-0.05, 0) is 26.0 Å². The van der Waals surface area contributed by atoms with Gasteiger partial charge in [0.1, 0.15) is 5.75 Å². The number of rotatable bonds is 3. The number of nitrogens with one attached hydrogen (secondary N) is 1. The number of aryl methyl sites for hydroxylation is 1. The summed E-state index contributed by atoms with van der Waals surface area (Å²) in [5.74, 6) is -0.0483. The van der Waals surface area contributed by atoms with Gasteiger partial charge >= 0.3 is 0 Å². The minimum absolute atomic E-state index is 0.136. The second-order valence-electron chi connectivity index (χ2n) is 3.99. The molecule has 0 fully saturated rings. The summed E-state index contributed by atoms with van der Waals surface area (Å²) < 4.78 is 0. The average molecular weight is 262 g/mol. The van der Waals surface area contributed by atoms with Crippen molar-refractivity contribution in [2.24, 2.45) is 0 Å². The highest BCUT2D eigenvalue weighted by Crippen LogP contribution is 2.19. The molecule has 0 unspecified atom stereocenters. The molecule has 0 atom stereocenters. The molecule has 1 heterocycles. The van der Waals surface area contributed by atoms with Gasteiger partial charge in [-0.2, -0.15) is 0 Å². The zero-order chi connectivity index (χ0) is 13.1. The maximum atomic E-state index is 12.0. The lowest BCUT2D eigenvalue weighted by molar-refractivity contribution is 0.0950. The minimum Gasteiger partial charge on any atom is -0.508 e. The zero-order valence-corrected chi connectivity index (χ0v) is 11.0. The third kappa shape index (κ3) is 2.51. The van der Waals surface area contributed by atoms with Gasteiger partial charge in [0.2, 0.25) is 0 Å². The first kappa shape index (κ1) is 12.6. The molecule has 0 spiro atoms. The first-order valence-electron chi connectivity index (χ1n) is 5.55. The highest BCUT2D eigenvalue weighted by atomic mass is 32.1. The Kier molecular flexibility index (Phi) is 3.62. The number of hydrogen-bond acceptors (Lipinski definition) is 4. The molecule has 4 nitrogen and oxygen atoms in total. The van der Waals surface area contributed by atoms with E-state index >= 15 is 0 Å². The van der Waals surface area contributed by atoms with Gasteiger partial charge in [-0.15, -0.1) is 11.3 Å². The van der Waals surface area contributed by atoms with Crippen LogP contribution in [-0.4, -0.2) is 16.0 Å². The van der Waals surface area contributed by atoms with Crippen LogP contribution in [0.25, 0.3) is 0 Å². The number of aromatic hydroxyl groups is 1. The van der Waals surface area contributed by atoms with E-state index in [1.807, 2.05) is 6.92 Å². The molecule has 0 bridgehead atoms. The van der Waals surface area contributed by atoms with Crippen molar-refractivity contribution in [1.29, 1.82) is 0 Å². The molecule has 2 N–H and O–H groups in total. The Balaban J connectivity index is 2.09. The van der Waals surface area contributed by atoms with Crippen LogP contribution in [0, 0.1) is 13.8 Å². The van der Waals surface area contributed by atoms with Crippen molar-refractivity contribution in [1.82, 2.24) is 10.3 Å². The quantitative estimate of drug-likeness (QED) is 0.892. The summed E-state index contributed by atoms with van der Waals surface area (Å²) in [6.45, 7) is 4.10. The number of nitrogens with zero attached hydrogens (tertiary/aromatic N) is 1. The second-order valence-corrected chi connectivity index (χ2v) is 4.93. The lowest BCUT2D eigenvalue weighted by Gasteiger charge is -2.08. The topological polar surface area (TPSA) is 62.2 Å². The third-order valence-corrected chi connectivity index (χ3v) is 3.74. The smallest absolute Gasteiger partial charge is 0.251 e. The van der Waals surface area contributed by atoms with Crippen molar-refractivity contribution in [2.45, 2.75) is 20.4 Å². The highest BCUT2D eigenvalue weighted by Gasteiger charge is 2.11. The maximum absolute atomic E-state index is 12.0. The number of amides is 1. The molecule has 0 saturated heterocycles. The fraction of sp³-hybridized carbons (Fsp3) is 0.231. The number of carbonyl (C=O) groups excluding carboxylic acids is 1. The van der Waals surface area contributed by atoms with Crippen LogP contribution >= 0.6 is 11.3 Å². The number of thiazole rings is 1. The summed E-state index contributed by atoms with van der Waals surface area (Å²) in [7, 11) is 0. The van der Waals surface area contributed by atoms with Crippen LogP contribution < -0.4 is 5.32 Å². The lowest BCUT2D eigenvalue weighted by Crippen LogP contribution is -2.23. The molecule has 0 aliphatic rings. The molecule has 1 aromatic heterocycles. The van der Waals surface area contributed by atoms with Gasteiger partial charge in [-0.1, -0.05) is 6.07 Å². The first-order chi connectivity index (χ1) is 8.59. The van der Waals surface area contributed by atoms with Crippen molar-refractivity contribution >= 4 is 17.2 Å². The largest absolute Gasteiger partial charge is 0.508 e. The average Bonchev–Trinajstić information content (AvgIpc) is 2.75. The summed E-state index contributed by atoms with van der Waals surface area (Å²) >= 11 is 1.52. The van der Waals surface area contributed by atoms with E-state index in [0.717, 1.165) is 10.6 Å². The van der Waals surface area contributed by atoms with Crippen molar-refractivity contribution in [3.05, 3.63) is 45.4 Å². The van der Waals surface area contributed by atoms with Crippen LogP contribution in [0.3, 0.4) is 0 Å². The predicted molar refractivity (Wildman–Crippen MR) is 70.9 cm³/mol. The lowest BCUT2D eigenvalue weighted by atomic mass is 10.1. The number of benzene rings is 1. The molecule has 2 rings (SSSR count). The number of aromatic nitrogens is 1. The van der Waals surface area contributed by atoms with Gasteiger partial charge < -0.3 is 10.4 Å². The Morgan fingerprint density at radius 1 is 1.44 bits per heavy atom. The van der Waals surface area contributed by atoms with E-state index in [2.05, 4.69) is 10.3 Å². The monoisotopic (exact) mass is 262 g/mol. The molecule has 2 aromatic rings. The Hall–Kier alpha value is -1.88. The normalized spacial score (nSPS) is 10.3. The highest BCUT2D eigenvalue weighted by molar-refractivity contribution is 7.09. The zero-order valence-electron chi connectivity index (χ0n) is 10.2. The number of phenols is 1. The standard InChI is InChI=1S/C13H14N2O2S/c1-8-10(4-3-5-11(8)16)13(17)14-6-12-9(2)15-7-18-12/h3-5,7,16H,6H2,1-2H3,(H,14,17). The van der Waals surface area contributed by atoms with Gasteiger partial charge in [0.05, 0.1) is 17.7 Å². The maximum Gasteiger partial charge on any atom is 0.251 e. The molecule has 1 amide bonds. The number of phenolic OH excluding ortho intramolecular Hbond substituents is 1. The fourth-order valence-corrected chi connectivity index (χ4v) is 2.34. The Morgan fingerprint density at radius 3 is 2.89 bits per heavy atom. The predicted octanol–water partition coefficient (Wildman–Crippen LogP) is 2.40. The molecule has 1 aromatic carbocycles. The second kappa shape index (κ2) is 5.18. The van der Waals surface area contributed by atoms with Crippen LogP contribution in [0.15, 0.2) is 23.7 Å². The SMILES string of the molecule is Cc1ncsc1CNC(=O)c1cccc(O)c1C. The van der Waals surface area contributed by atoms with Crippen LogP contribution in [0.2, 0.25) is 0 Å². The van der Waals surface area contributed by atoms with E-state index in [1.54, 1.807) is 30.6 Å². The van der Waals surface area contributed by atoms with Crippen molar-refractivity contribution in [3.63, 3.8) is 0 Å². The third-order valence-electron chi connectivity index (χ3n) is 2.80. The van der Waals surface area contributed by atoms with E-state index in [9.17, 15) is 9.90 Å². The van der Waals surface area contributed by atoms with Crippen molar-refractivity contribution in [3.8, 4) is 5.75 Å². The van der Waals surface area contributed by atoms with Gasteiger partial charge in [-0.25, -0.2) is 4.98 Å².